The Morgan fingerprint density at radius 2 is 1.79 bits per heavy atom. The molecule has 9 heteroatoms. The van der Waals surface area contributed by atoms with E-state index in [-0.39, 0.29) is 10.8 Å². The Kier molecular flexibility index (Phi) is 8.10. The van der Waals surface area contributed by atoms with Crippen molar-refractivity contribution in [2.75, 3.05) is 13.7 Å². The van der Waals surface area contributed by atoms with Gasteiger partial charge in [-0.15, -0.1) is 0 Å². The van der Waals surface area contributed by atoms with Gasteiger partial charge in [0.05, 0.1) is 18.6 Å². The highest BCUT2D eigenvalue weighted by molar-refractivity contribution is 14.1. The average Bonchev–Trinajstić information content (AvgIpc) is 2.51. The lowest BCUT2D eigenvalue weighted by molar-refractivity contribution is -0.145. The zero-order chi connectivity index (χ0) is 18.3. The molecule has 0 aliphatic rings. The third kappa shape index (κ3) is 6.73. The molecule has 1 aromatic carbocycles. The van der Waals surface area contributed by atoms with E-state index < -0.39 is 34.5 Å². The summed E-state index contributed by atoms with van der Waals surface area (Å²) in [6.07, 6.45) is 0.405. The molecule has 2 N–H and O–H groups in total. The van der Waals surface area contributed by atoms with Crippen LogP contribution in [0.2, 0.25) is 0 Å². The molecule has 1 aromatic rings. The smallest absolute Gasteiger partial charge is 0.328 e. The number of methoxy groups -OCH3 is 1. The first kappa shape index (κ1) is 20.8. The molecule has 0 heterocycles. The van der Waals surface area contributed by atoms with Crippen LogP contribution in [0.15, 0.2) is 29.2 Å². The minimum absolute atomic E-state index is 0.0717. The van der Waals surface area contributed by atoms with E-state index in [4.69, 9.17) is 0 Å². The van der Waals surface area contributed by atoms with Gasteiger partial charge in [0.1, 0.15) is 6.04 Å². The van der Waals surface area contributed by atoms with Crippen LogP contribution in [0.25, 0.3) is 0 Å². The van der Waals surface area contributed by atoms with E-state index >= 15 is 0 Å². The van der Waals surface area contributed by atoms with Crippen molar-refractivity contribution in [3.63, 3.8) is 0 Å². The molecule has 0 aliphatic carbocycles. The number of sulfonamides is 1. The van der Waals surface area contributed by atoms with Gasteiger partial charge in [-0.1, -0.05) is 13.8 Å². The molecule has 0 aliphatic heterocycles. The Morgan fingerprint density at radius 3 is 2.29 bits per heavy atom. The summed E-state index contributed by atoms with van der Waals surface area (Å²) in [5.41, 5.74) is 0. The van der Waals surface area contributed by atoms with Gasteiger partial charge in [-0.3, -0.25) is 4.79 Å². The highest BCUT2D eigenvalue weighted by Crippen LogP contribution is 2.11. The fourth-order valence-electron chi connectivity index (χ4n) is 1.93. The van der Waals surface area contributed by atoms with E-state index in [0.29, 0.717) is 6.42 Å². The third-order valence-electron chi connectivity index (χ3n) is 3.07. The zero-order valence-corrected chi connectivity index (χ0v) is 16.7. The van der Waals surface area contributed by atoms with Crippen LogP contribution in [0.4, 0.5) is 0 Å². The second-order valence-electron chi connectivity index (χ2n) is 5.55. The van der Waals surface area contributed by atoms with Gasteiger partial charge in [0.25, 0.3) is 0 Å². The molecule has 0 aromatic heterocycles. The fraction of sp³-hybridized carbons (Fsp3) is 0.467. The van der Waals surface area contributed by atoms with Crippen molar-refractivity contribution < 1.29 is 22.7 Å². The van der Waals surface area contributed by atoms with Gasteiger partial charge in [0.15, 0.2) is 0 Å². The number of hydrogen-bond donors (Lipinski definition) is 2. The number of esters is 1. The topological polar surface area (TPSA) is 102 Å². The molecule has 0 spiro atoms. The lowest BCUT2D eigenvalue weighted by Gasteiger charge is -2.18. The van der Waals surface area contributed by atoms with Gasteiger partial charge in [0, 0.05) is 3.57 Å². The fourth-order valence-corrected chi connectivity index (χ4v) is 3.27. The Balaban J connectivity index is 2.66. The van der Waals surface area contributed by atoms with Crippen molar-refractivity contribution in [3.05, 3.63) is 27.8 Å². The molecule has 7 nitrogen and oxygen atoms in total. The van der Waals surface area contributed by atoms with Crippen LogP contribution in [-0.4, -0.2) is 40.0 Å². The molecule has 1 rings (SSSR count). The van der Waals surface area contributed by atoms with Crippen molar-refractivity contribution in [3.8, 4) is 0 Å². The summed E-state index contributed by atoms with van der Waals surface area (Å²) >= 11 is 2.07. The Bertz CT molecular complexity index is 674. The predicted molar refractivity (Wildman–Crippen MR) is 97.7 cm³/mol. The van der Waals surface area contributed by atoms with E-state index in [1.54, 1.807) is 12.1 Å². The number of benzene rings is 1. The number of carbonyl (C=O) groups excluding carboxylic acids is 2. The number of nitrogens with one attached hydrogen (secondary N) is 2. The summed E-state index contributed by atoms with van der Waals surface area (Å²) in [6.45, 7) is 3.35. The average molecular weight is 468 g/mol. The summed E-state index contributed by atoms with van der Waals surface area (Å²) in [6, 6.07) is 5.43. The van der Waals surface area contributed by atoms with Crippen molar-refractivity contribution in [1.82, 2.24) is 10.0 Å². The van der Waals surface area contributed by atoms with Crippen molar-refractivity contribution in [1.29, 1.82) is 0 Å². The maximum atomic E-state index is 12.1. The molecule has 0 saturated carbocycles. The van der Waals surface area contributed by atoms with Crippen LogP contribution in [-0.2, 0) is 24.3 Å². The molecule has 0 saturated heterocycles. The van der Waals surface area contributed by atoms with Gasteiger partial charge >= 0.3 is 5.97 Å². The van der Waals surface area contributed by atoms with Gasteiger partial charge in [-0.25, -0.2) is 17.9 Å². The van der Waals surface area contributed by atoms with Crippen molar-refractivity contribution >= 4 is 44.5 Å². The summed E-state index contributed by atoms with van der Waals surface area (Å²) in [5, 5.41) is 2.49. The molecule has 1 atom stereocenters. The standard InChI is InChI=1S/C15H21IN2O5S/c1-10(2)8-13(15(20)23-3)18-14(19)9-17-24(21,22)12-6-4-11(16)5-7-12/h4-7,10,13,17H,8-9H2,1-3H3,(H,18,19). The zero-order valence-electron chi connectivity index (χ0n) is 13.7. The Hall–Kier alpha value is -1.20. The quantitative estimate of drug-likeness (QED) is 0.442. The molecule has 0 fully saturated rings. The monoisotopic (exact) mass is 468 g/mol. The first-order valence-electron chi connectivity index (χ1n) is 7.28. The van der Waals surface area contributed by atoms with Crippen LogP contribution in [0.1, 0.15) is 20.3 Å². The van der Waals surface area contributed by atoms with Crippen molar-refractivity contribution in [2.24, 2.45) is 5.92 Å². The van der Waals surface area contributed by atoms with Crippen molar-refractivity contribution in [2.45, 2.75) is 31.2 Å². The molecular weight excluding hydrogens is 447 g/mol. The molecule has 134 valence electrons. The van der Waals surface area contributed by atoms with Crippen LogP contribution >= 0.6 is 22.6 Å². The molecule has 1 amide bonds. The van der Waals surface area contributed by atoms with E-state index in [0.717, 1.165) is 3.57 Å². The summed E-state index contributed by atoms with van der Waals surface area (Å²) in [7, 11) is -2.55. The second kappa shape index (κ2) is 9.33. The Labute approximate surface area is 155 Å². The lowest BCUT2D eigenvalue weighted by Crippen LogP contribution is -2.46. The van der Waals surface area contributed by atoms with E-state index in [1.807, 2.05) is 13.8 Å². The van der Waals surface area contributed by atoms with Crippen LogP contribution < -0.4 is 10.0 Å². The van der Waals surface area contributed by atoms with E-state index in [2.05, 4.69) is 37.4 Å². The van der Waals surface area contributed by atoms with E-state index in [1.165, 1.54) is 19.2 Å². The maximum Gasteiger partial charge on any atom is 0.328 e. The first-order valence-corrected chi connectivity index (χ1v) is 9.84. The number of hydrogen-bond acceptors (Lipinski definition) is 5. The van der Waals surface area contributed by atoms with Crippen LogP contribution in [0, 0.1) is 9.49 Å². The SMILES string of the molecule is COC(=O)C(CC(C)C)NC(=O)CNS(=O)(=O)c1ccc(I)cc1. The molecular formula is C15H21IN2O5S. The van der Waals surface area contributed by atoms with Crippen LogP contribution in [0.3, 0.4) is 0 Å². The summed E-state index contributed by atoms with van der Waals surface area (Å²) in [4.78, 5) is 23.7. The molecule has 24 heavy (non-hydrogen) atoms. The molecule has 0 bridgehead atoms. The molecule has 0 radical (unpaired) electrons. The van der Waals surface area contributed by atoms with Gasteiger partial charge in [-0.2, -0.15) is 0 Å². The highest BCUT2D eigenvalue weighted by atomic mass is 127. The number of carbonyl (C=O) groups is 2. The van der Waals surface area contributed by atoms with Crippen LogP contribution in [0.5, 0.6) is 0 Å². The number of halogens is 1. The minimum Gasteiger partial charge on any atom is -0.467 e. The summed E-state index contributed by atoms with van der Waals surface area (Å²) in [5.74, 6) is -0.990. The van der Waals surface area contributed by atoms with E-state index in [9.17, 15) is 18.0 Å². The van der Waals surface area contributed by atoms with Gasteiger partial charge in [-0.05, 0) is 59.2 Å². The second-order valence-corrected chi connectivity index (χ2v) is 8.56. The maximum absolute atomic E-state index is 12.1. The lowest BCUT2D eigenvalue weighted by atomic mass is 10.0. The van der Waals surface area contributed by atoms with Gasteiger partial charge < -0.3 is 10.1 Å². The largest absolute Gasteiger partial charge is 0.467 e. The highest BCUT2D eigenvalue weighted by Gasteiger charge is 2.23. The molecule has 1 unspecified atom stereocenters. The normalized spacial score (nSPS) is 12.7. The Morgan fingerprint density at radius 1 is 1.21 bits per heavy atom. The number of rotatable bonds is 8. The van der Waals surface area contributed by atoms with Gasteiger partial charge in [0.2, 0.25) is 15.9 Å². The predicted octanol–water partition coefficient (Wildman–Crippen LogP) is 1.27. The third-order valence-corrected chi connectivity index (χ3v) is 5.21. The summed E-state index contributed by atoms with van der Waals surface area (Å²) < 4.78 is 32.0. The minimum atomic E-state index is -3.79. The number of ether oxygens (including phenoxy) is 1. The number of amides is 1. The first-order chi connectivity index (χ1) is 11.2.